The van der Waals surface area contributed by atoms with Gasteiger partial charge in [-0.15, -0.1) is 0 Å². The van der Waals surface area contributed by atoms with Crippen LogP contribution in [0, 0.1) is 5.92 Å². The lowest BCUT2D eigenvalue weighted by molar-refractivity contribution is 0.116. The molecule has 6 heteroatoms. The third kappa shape index (κ3) is 5.33. The van der Waals surface area contributed by atoms with Crippen molar-refractivity contribution in [2.45, 2.75) is 26.3 Å². The van der Waals surface area contributed by atoms with Crippen molar-refractivity contribution in [3.63, 3.8) is 0 Å². The van der Waals surface area contributed by atoms with E-state index in [0.717, 1.165) is 57.7 Å². The van der Waals surface area contributed by atoms with Crippen LogP contribution in [-0.2, 0) is 0 Å². The van der Waals surface area contributed by atoms with Gasteiger partial charge in [0.25, 0.3) is 0 Å². The third-order valence-electron chi connectivity index (χ3n) is 5.68. The minimum atomic E-state index is 0.564. The van der Waals surface area contributed by atoms with Gasteiger partial charge in [0.05, 0.1) is 0 Å². The fraction of sp³-hybridized carbons (Fsp3) is 0.944. The van der Waals surface area contributed by atoms with E-state index >= 15 is 0 Å². The second kappa shape index (κ2) is 9.59. The molecule has 140 valence electrons. The number of rotatable bonds is 6. The lowest BCUT2D eigenvalue weighted by Gasteiger charge is -2.38. The molecule has 2 unspecified atom stereocenters. The highest BCUT2D eigenvalue weighted by atomic mass is 15.3. The Morgan fingerprint density at radius 3 is 2.54 bits per heavy atom. The van der Waals surface area contributed by atoms with Gasteiger partial charge in [-0.1, -0.05) is 13.8 Å². The molecule has 0 aromatic rings. The van der Waals surface area contributed by atoms with Crippen LogP contribution in [0.2, 0.25) is 0 Å². The largest absolute Gasteiger partial charge is 0.355 e. The van der Waals surface area contributed by atoms with E-state index in [2.05, 4.69) is 57.9 Å². The minimum Gasteiger partial charge on any atom is -0.355 e. The van der Waals surface area contributed by atoms with Crippen LogP contribution in [0.3, 0.4) is 0 Å². The van der Waals surface area contributed by atoms with Crippen molar-refractivity contribution < 1.29 is 0 Å². The Morgan fingerprint density at radius 2 is 1.88 bits per heavy atom. The number of guanidine groups is 1. The number of hydrogen-bond acceptors (Lipinski definition) is 4. The summed E-state index contributed by atoms with van der Waals surface area (Å²) in [6, 6.07) is 0.564. The summed E-state index contributed by atoms with van der Waals surface area (Å²) in [7, 11) is 6.36. The zero-order chi connectivity index (χ0) is 17.5. The van der Waals surface area contributed by atoms with E-state index in [1.807, 2.05) is 7.05 Å². The molecule has 0 amide bonds. The fourth-order valence-electron chi connectivity index (χ4n) is 3.88. The van der Waals surface area contributed by atoms with Gasteiger partial charge in [0.15, 0.2) is 5.96 Å². The summed E-state index contributed by atoms with van der Waals surface area (Å²) in [5, 5.41) is 3.63. The van der Waals surface area contributed by atoms with E-state index in [1.165, 1.54) is 19.5 Å². The Labute approximate surface area is 148 Å². The van der Waals surface area contributed by atoms with Crippen LogP contribution in [-0.4, -0.2) is 112 Å². The van der Waals surface area contributed by atoms with Crippen LogP contribution < -0.4 is 5.32 Å². The summed E-state index contributed by atoms with van der Waals surface area (Å²) >= 11 is 0. The van der Waals surface area contributed by atoms with Gasteiger partial charge < -0.3 is 20.0 Å². The van der Waals surface area contributed by atoms with E-state index in [-0.39, 0.29) is 0 Å². The number of nitrogens with zero attached hydrogens (tertiary/aromatic N) is 5. The molecule has 6 nitrogen and oxygen atoms in total. The SMILES string of the molecule is CCN(CC)CC1CCN(C(=NC)NCC2CN(C)CCN2C)C1. The van der Waals surface area contributed by atoms with Gasteiger partial charge in [0.2, 0.25) is 0 Å². The normalized spacial score (nSPS) is 27.2. The van der Waals surface area contributed by atoms with Gasteiger partial charge in [-0.05, 0) is 39.5 Å². The summed E-state index contributed by atoms with van der Waals surface area (Å²) in [4.78, 5) is 14.4. The fourth-order valence-corrected chi connectivity index (χ4v) is 3.88. The van der Waals surface area contributed by atoms with Crippen LogP contribution in [0.15, 0.2) is 4.99 Å². The Bertz CT molecular complexity index is 395. The molecule has 0 radical (unpaired) electrons. The van der Waals surface area contributed by atoms with Crippen molar-refractivity contribution in [1.29, 1.82) is 0 Å². The molecule has 2 atom stereocenters. The van der Waals surface area contributed by atoms with E-state index < -0.39 is 0 Å². The average molecular weight is 339 g/mol. The molecule has 2 fully saturated rings. The van der Waals surface area contributed by atoms with Crippen LogP contribution in [0.5, 0.6) is 0 Å². The molecule has 0 aliphatic carbocycles. The molecule has 0 aromatic heterocycles. The first-order valence-electron chi connectivity index (χ1n) is 9.64. The first kappa shape index (κ1) is 19.5. The lowest BCUT2D eigenvalue weighted by atomic mass is 10.1. The summed E-state index contributed by atoms with van der Waals surface area (Å²) in [6.45, 7) is 14.7. The van der Waals surface area contributed by atoms with Crippen molar-refractivity contribution in [2.75, 3.05) is 80.0 Å². The second-order valence-corrected chi connectivity index (χ2v) is 7.41. The molecular formula is C18H38N6. The zero-order valence-electron chi connectivity index (χ0n) is 16.5. The number of nitrogens with one attached hydrogen (secondary N) is 1. The highest BCUT2D eigenvalue weighted by molar-refractivity contribution is 5.80. The van der Waals surface area contributed by atoms with Crippen LogP contribution in [0.4, 0.5) is 0 Å². The monoisotopic (exact) mass is 338 g/mol. The first-order valence-corrected chi connectivity index (χ1v) is 9.64. The van der Waals surface area contributed by atoms with Crippen molar-refractivity contribution >= 4 is 5.96 Å². The molecule has 0 bridgehead atoms. The maximum absolute atomic E-state index is 4.54. The number of aliphatic imine (C=N–C) groups is 1. The molecule has 0 saturated carbocycles. The first-order chi connectivity index (χ1) is 11.6. The Kier molecular flexibility index (Phi) is 7.78. The molecule has 2 saturated heterocycles. The van der Waals surface area contributed by atoms with Gasteiger partial charge in [0.1, 0.15) is 0 Å². The molecule has 0 aromatic carbocycles. The topological polar surface area (TPSA) is 37.4 Å². The minimum absolute atomic E-state index is 0.564. The molecule has 2 rings (SSSR count). The zero-order valence-corrected chi connectivity index (χ0v) is 16.5. The number of hydrogen-bond donors (Lipinski definition) is 1. The number of piperazine rings is 1. The Morgan fingerprint density at radius 1 is 1.12 bits per heavy atom. The van der Waals surface area contributed by atoms with Gasteiger partial charge in [-0.25, -0.2) is 0 Å². The maximum atomic E-state index is 4.54. The van der Waals surface area contributed by atoms with E-state index in [4.69, 9.17) is 0 Å². The standard InChI is InChI=1S/C18H38N6/c1-6-23(7-2)13-16-8-9-24(14-16)18(19-3)20-12-17-15-21(4)10-11-22(17)5/h16-17H,6-15H2,1-5H3,(H,19,20). The van der Waals surface area contributed by atoms with E-state index in [1.54, 1.807) is 0 Å². The molecule has 0 spiro atoms. The summed E-state index contributed by atoms with van der Waals surface area (Å²) in [5.74, 6) is 1.85. The predicted molar refractivity (Wildman–Crippen MR) is 103 cm³/mol. The average Bonchev–Trinajstić information content (AvgIpc) is 3.04. The predicted octanol–water partition coefficient (Wildman–Crippen LogP) is 0.471. The van der Waals surface area contributed by atoms with E-state index in [9.17, 15) is 0 Å². The lowest BCUT2D eigenvalue weighted by Crippen LogP contribution is -2.55. The van der Waals surface area contributed by atoms with Crippen molar-refractivity contribution in [3.05, 3.63) is 0 Å². The molecular weight excluding hydrogens is 300 g/mol. The smallest absolute Gasteiger partial charge is 0.193 e. The summed E-state index contributed by atoms with van der Waals surface area (Å²) < 4.78 is 0. The van der Waals surface area contributed by atoms with Crippen molar-refractivity contribution in [3.8, 4) is 0 Å². The summed E-state index contributed by atoms with van der Waals surface area (Å²) in [5.41, 5.74) is 0. The maximum Gasteiger partial charge on any atom is 0.193 e. The van der Waals surface area contributed by atoms with Gasteiger partial charge in [0, 0.05) is 58.9 Å². The summed E-state index contributed by atoms with van der Waals surface area (Å²) in [6.07, 6.45) is 1.28. The Hall–Kier alpha value is -0.850. The molecule has 1 N–H and O–H groups in total. The number of likely N-dealkylation sites (N-methyl/N-ethyl adjacent to an activating group) is 2. The van der Waals surface area contributed by atoms with Crippen LogP contribution >= 0.6 is 0 Å². The van der Waals surface area contributed by atoms with Crippen molar-refractivity contribution in [1.82, 2.24) is 24.9 Å². The highest BCUT2D eigenvalue weighted by Gasteiger charge is 2.27. The molecule has 2 heterocycles. The quantitative estimate of drug-likeness (QED) is 0.563. The third-order valence-corrected chi connectivity index (χ3v) is 5.68. The highest BCUT2D eigenvalue weighted by Crippen LogP contribution is 2.17. The van der Waals surface area contributed by atoms with Gasteiger partial charge in [-0.2, -0.15) is 0 Å². The van der Waals surface area contributed by atoms with E-state index in [0.29, 0.717) is 6.04 Å². The molecule has 24 heavy (non-hydrogen) atoms. The molecule has 2 aliphatic rings. The van der Waals surface area contributed by atoms with Gasteiger partial charge in [-0.3, -0.25) is 9.89 Å². The Balaban J connectivity index is 1.80. The van der Waals surface area contributed by atoms with Gasteiger partial charge >= 0.3 is 0 Å². The number of likely N-dealkylation sites (tertiary alicyclic amines) is 1. The van der Waals surface area contributed by atoms with Crippen molar-refractivity contribution in [2.24, 2.45) is 10.9 Å². The van der Waals surface area contributed by atoms with Crippen LogP contribution in [0.25, 0.3) is 0 Å². The molecule has 2 aliphatic heterocycles. The second-order valence-electron chi connectivity index (χ2n) is 7.41. The van der Waals surface area contributed by atoms with Crippen LogP contribution in [0.1, 0.15) is 20.3 Å².